The lowest BCUT2D eigenvalue weighted by Crippen LogP contribution is -2.57. The number of ether oxygens (including phenoxy) is 1. The number of hydrogen-bond acceptors (Lipinski definition) is 6. The first-order valence-electron chi connectivity index (χ1n) is 12.8. The van der Waals surface area contributed by atoms with E-state index in [9.17, 15) is 14.7 Å². The van der Waals surface area contributed by atoms with E-state index in [1.54, 1.807) is 0 Å². The van der Waals surface area contributed by atoms with Crippen LogP contribution in [0.1, 0.15) is 39.8 Å². The van der Waals surface area contributed by atoms with Gasteiger partial charge in [0.2, 0.25) is 5.91 Å². The van der Waals surface area contributed by atoms with E-state index in [1.807, 2.05) is 18.7 Å². The monoisotopic (exact) mass is 516 g/mol. The molecule has 2 saturated heterocycles. The van der Waals surface area contributed by atoms with Crippen molar-refractivity contribution >= 4 is 29.2 Å². The fraction of sp³-hybridized carbons (Fsp3) is 0.423. The van der Waals surface area contributed by atoms with Crippen LogP contribution in [0.15, 0.2) is 30.9 Å². The molecule has 5 rings (SSSR count). The van der Waals surface area contributed by atoms with Crippen LogP contribution in [0.4, 0.5) is 10.2 Å². The molecule has 10 heteroatoms. The number of anilines is 1. The molecule has 0 radical (unpaired) electrons. The predicted molar refractivity (Wildman–Crippen MR) is 134 cm³/mol. The number of carbonyl (C=O) groups excluding carboxylic acids is 2. The summed E-state index contributed by atoms with van der Waals surface area (Å²) >= 11 is 6.72. The lowest BCUT2D eigenvalue weighted by molar-refractivity contribution is -0.128. The van der Waals surface area contributed by atoms with Crippen LogP contribution in [0.3, 0.4) is 0 Å². The summed E-state index contributed by atoms with van der Waals surface area (Å²) in [6.45, 7) is 5.68. The van der Waals surface area contributed by atoms with Crippen LogP contribution in [0, 0.1) is 5.82 Å². The standard InChI is InChI=1S/C26H28ClFN4O4/c1-4-18(34)30-11-12-31-15(13-30)14-36-23-20(25(31)35)24(32-10-6-9-26(32,2)3)29-22(21(23)27)19-16(28)7-5-8-17(19)33/h4-5,7-8,15,33H,1,6,9-14H2,2-3H3/t15-/m1/s1/i14D2. The van der Waals surface area contributed by atoms with Gasteiger partial charge in [-0.2, -0.15) is 0 Å². The number of amides is 2. The fourth-order valence-corrected chi connectivity index (χ4v) is 5.42. The van der Waals surface area contributed by atoms with Gasteiger partial charge >= 0.3 is 0 Å². The molecular weight excluding hydrogens is 487 g/mol. The van der Waals surface area contributed by atoms with Crippen LogP contribution >= 0.6 is 11.6 Å². The summed E-state index contributed by atoms with van der Waals surface area (Å²) in [5.41, 5.74) is -0.895. The van der Waals surface area contributed by atoms with Crippen LogP contribution in [-0.4, -0.2) is 76.0 Å². The molecule has 1 aromatic heterocycles. The number of hydrogen-bond donors (Lipinski definition) is 1. The van der Waals surface area contributed by atoms with E-state index in [2.05, 4.69) is 11.6 Å². The molecule has 0 bridgehead atoms. The van der Waals surface area contributed by atoms with Crippen LogP contribution in [-0.2, 0) is 4.79 Å². The van der Waals surface area contributed by atoms with Crippen molar-refractivity contribution in [2.24, 2.45) is 0 Å². The number of benzene rings is 1. The topological polar surface area (TPSA) is 86.2 Å². The Morgan fingerprint density at radius 1 is 1.36 bits per heavy atom. The summed E-state index contributed by atoms with van der Waals surface area (Å²) in [4.78, 5) is 35.8. The first kappa shape index (κ1) is 21.9. The number of carbonyl (C=O) groups is 2. The third kappa shape index (κ3) is 3.86. The number of phenolic OH excluding ortho intramolecular Hbond substituents is 1. The number of rotatable bonds is 3. The molecule has 3 aliphatic heterocycles. The lowest BCUT2D eigenvalue weighted by Gasteiger charge is -2.40. The second-order valence-corrected chi connectivity index (χ2v) is 10.1. The maximum atomic E-state index is 15.0. The first-order chi connectivity index (χ1) is 17.9. The van der Waals surface area contributed by atoms with Gasteiger partial charge in [0, 0.05) is 31.7 Å². The Kier molecular flexibility index (Phi) is 5.45. The maximum Gasteiger partial charge on any atom is 0.261 e. The number of pyridine rings is 1. The van der Waals surface area contributed by atoms with Gasteiger partial charge in [-0.15, -0.1) is 0 Å². The third-order valence-corrected chi connectivity index (χ3v) is 7.45. The first-order valence-corrected chi connectivity index (χ1v) is 12.2. The molecule has 36 heavy (non-hydrogen) atoms. The predicted octanol–water partition coefficient (Wildman–Crippen LogP) is 3.86. The Bertz CT molecular complexity index is 1330. The van der Waals surface area contributed by atoms with Crippen molar-refractivity contribution in [3.05, 3.63) is 47.3 Å². The average Bonchev–Trinajstić information content (AvgIpc) is 3.19. The number of phenols is 1. The number of fused-ring (bicyclic) bond motifs is 2. The van der Waals surface area contributed by atoms with Crippen molar-refractivity contribution in [3.63, 3.8) is 0 Å². The van der Waals surface area contributed by atoms with Gasteiger partial charge in [-0.1, -0.05) is 24.2 Å². The number of nitrogens with zero attached hydrogens (tertiary/aromatic N) is 4. The van der Waals surface area contributed by atoms with Gasteiger partial charge in [-0.25, -0.2) is 9.37 Å². The summed E-state index contributed by atoms with van der Waals surface area (Å²) in [6.07, 6.45) is 2.75. The van der Waals surface area contributed by atoms with Crippen molar-refractivity contribution < 1.29 is 26.6 Å². The van der Waals surface area contributed by atoms with Crippen molar-refractivity contribution in [2.75, 3.05) is 37.6 Å². The van der Waals surface area contributed by atoms with Gasteiger partial charge in [-0.3, -0.25) is 9.59 Å². The normalized spacial score (nSPS) is 23.2. The second-order valence-electron chi connectivity index (χ2n) is 9.73. The largest absolute Gasteiger partial charge is 0.507 e. The molecule has 3 aliphatic rings. The molecule has 0 saturated carbocycles. The van der Waals surface area contributed by atoms with Crippen LogP contribution < -0.4 is 9.64 Å². The highest BCUT2D eigenvalue weighted by Gasteiger charge is 2.43. The number of aromatic nitrogens is 1. The Morgan fingerprint density at radius 3 is 2.81 bits per heavy atom. The van der Waals surface area contributed by atoms with E-state index in [4.69, 9.17) is 19.1 Å². The minimum atomic E-state index is -2.47. The van der Waals surface area contributed by atoms with Crippen LogP contribution in [0.25, 0.3) is 11.3 Å². The molecule has 2 aromatic rings. The van der Waals surface area contributed by atoms with E-state index in [0.717, 1.165) is 25.0 Å². The van der Waals surface area contributed by atoms with Gasteiger partial charge in [0.1, 0.15) is 40.2 Å². The van der Waals surface area contributed by atoms with Gasteiger partial charge in [0.05, 0.1) is 14.3 Å². The third-order valence-electron chi connectivity index (χ3n) is 7.10. The Balaban J connectivity index is 1.76. The smallest absolute Gasteiger partial charge is 0.261 e. The second kappa shape index (κ2) is 8.96. The Morgan fingerprint density at radius 2 is 2.14 bits per heavy atom. The van der Waals surface area contributed by atoms with Crippen LogP contribution in [0.2, 0.25) is 5.02 Å². The summed E-state index contributed by atoms with van der Waals surface area (Å²) in [6, 6.07) is 2.62. The van der Waals surface area contributed by atoms with E-state index in [1.165, 1.54) is 21.9 Å². The summed E-state index contributed by atoms with van der Waals surface area (Å²) < 4.78 is 38.5. The van der Waals surface area contributed by atoms with E-state index < -0.39 is 35.6 Å². The zero-order chi connectivity index (χ0) is 27.6. The number of aromatic hydroxyl groups is 1. The SMILES string of the molecule is [2H]C1([2H])Oc2c(Cl)c(-c3c(O)cccc3F)nc(N3CCCC3(C)C)c2C(=O)N2CCN(C(=O)C=C)C[C@@H]21. The van der Waals surface area contributed by atoms with E-state index >= 15 is 4.39 Å². The van der Waals surface area contributed by atoms with Crippen molar-refractivity contribution in [3.8, 4) is 22.8 Å². The molecule has 0 spiro atoms. The van der Waals surface area contributed by atoms with E-state index in [0.29, 0.717) is 6.54 Å². The summed E-state index contributed by atoms with van der Waals surface area (Å²) in [5, 5.41) is 10.2. The minimum Gasteiger partial charge on any atom is -0.507 e. The quantitative estimate of drug-likeness (QED) is 0.624. The maximum absolute atomic E-state index is 15.0. The molecular formula is C26H28ClFN4O4. The fourth-order valence-electron chi connectivity index (χ4n) is 5.15. The lowest BCUT2D eigenvalue weighted by atomic mass is 10.0. The molecule has 1 N–H and O–H groups in total. The molecule has 190 valence electrons. The molecule has 1 aromatic carbocycles. The highest BCUT2D eigenvalue weighted by atomic mass is 35.5. The molecule has 4 heterocycles. The number of piperazine rings is 1. The van der Waals surface area contributed by atoms with Gasteiger partial charge in [0.15, 0.2) is 5.75 Å². The zero-order valence-electron chi connectivity index (χ0n) is 22.1. The highest BCUT2D eigenvalue weighted by Crippen LogP contribution is 2.47. The van der Waals surface area contributed by atoms with Gasteiger partial charge < -0.3 is 24.5 Å². The minimum absolute atomic E-state index is 0.0283. The van der Waals surface area contributed by atoms with Gasteiger partial charge in [-0.05, 0) is 44.9 Å². The molecule has 1 atom stereocenters. The Labute approximate surface area is 216 Å². The zero-order valence-corrected chi connectivity index (χ0v) is 20.8. The Hall–Kier alpha value is -3.33. The summed E-state index contributed by atoms with van der Waals surface area (Å²) in [5.74, 6) is -2.23. The molecule has 8 nitrogen and oxygen atoms in total. The van der Waals surface area contributed by atoms with Crippen LogP contribution in [0.5, 0.6) is 11.5 Å². The number of halogens is 2. The van der Waals surface area contributed by atoms with Crippen molar-refractivity contribution in [2.45, 2.75) is 38.3 Å². The molecule has 2 fully saturated rings. The molecule has 2 amide bonds. The van der Waals surface area contributed by atoms with Crippen molar-refractivity contribution in [1.82, 2.24) is 14.8 Å². The molecule has 0 unspecified atom stereocenters. The summed E-state index contributed by atoms with van der Waals surface area (Å²) in [7, 11) is 0. The van der Waals surface area contributed by atoms with E-state index in [-0.39, 0.29) is 59.0 Å². The average molecular weight is 517 g/mol. The molecule has 0 aliphatic carbocycles. The van der Waals surface area contributed by atoms with Gasteiger partial charge in [0.25, 0.3) is 5.91 Å². The van der Waals surface area contributed by atoms with Crippen molar-refractivity contribution in [1.29, 1.82) is 0 Å². The highest BCUT2D eigenvalue weighted by molar-refractivity contribution is 6.35.